The summed E-state index contributed by atoms with van der Waals surface area (Å²) in [5.74, 6) is -0.915. The molecule has 1 atom stereocenters. The third-order valence-corrected chi connectivity index (χ3v) is 2.03. The summed E-state index contributed by atoms with van der Waals surface area (Å²) in [6.07, 6.45) is 0. The van der Waals surface area contributed by atoms with Gasteiger partial charge in [0.1, 0.15) is 6.04 Å². The van der Waals surface area contributed by atoms with Gasteiger partial charge in [-0.3, -0.25) is 4.79 Å². The highest BCUT2D eigenvalue weighted by molar-refractivity contribution is 5.90. The molecule has 0 saturated heterocycles. The van der Waals surface area contributed by atoms with Crippen molar-refractivity contribution in [3.63, 3.8) is 0 Å². The van der Waals surface area contributed by atoms with Crippen LogP contribution in [0, 0.1) is 0 Å². The van der Waals surface area contributed by atoms with Crippen molar-refractivity contribution in [2.75, 3.05) is 7.05 Å². The Morgan fingerprint density at radius 1 is 1.43 bits per heavy atom. The maximum absolute atomic E-state index is 10.8. The lowest BCUT2D eigenvalue weighted by Gasteiger charge is -2.14. The quantitative estimate of drug-likeness (QED) is 0.755. The van der Waals surface area contributed by atoms with E-state index in [2.05, 4.69) is 11.9 Å². The molecule has 0 fully saturated rings. The Hall–Kier alpha value is -1.61. The Morgan fingerprint density at radius 3 is 2.43 bits per heavy atom. The molecule has 1 aromatic carbocycles. The summed E-state index contributed by atoms with van der Waals surface area (Å²) in [7, 11) is 1.60. The molecule has 1 aromatic rings. The molecule has 0 aliphatic heterocycles. The lowest BCUT2D eigenvalue weighted by atomic mass is 10.0. The molecule has 0 radical (unpaired) electrons. The summed E-state index contributed by atoms with van der Waals surface area (Å²) in [6, 6.07) is 8.55. The first kappa shape index (κ1) is 10.5. The van der Waals surface area contributed by atoms with Gasteiger partial charge in [0.25, 0.3) is 0 Å². The van der Waals surface area contributed by atoms with E-state index < -0.39 is 12.0 Å². The fourth-order valence-electron chi connectivity index (χ4n) is 1.27. The molecular weight excluding hydrogens is 178 g/mol. The zero-order chi connectivity index (χ0) is 10.6. The first-order valence-electron chi connectivity index (χ1n) is 4.31. The van der Waals surface area contributed by atoms with Crippen LogP contribution in [-0.4, -0.2) is 24.2 Å². The van der Waals surface area contributed by atoms with Gasteiger partial charge >= 0.3 is 5.97 Å². The van der Waals surface area contributed by atoms with Gasteiger partial charge in [0.15, 0.2) is 0 Å². The molecule has 3 nitrogen and oxygen atoms in total. The molecule has 74 valence electrons. The first-order chi connectivity index (χ1) is 6.66. The Morgan fingerprint density at radius 2 is 2.00 bits per heavy atom. The minimum absolute atomic E-state index is 0.570. The third-order valence-electron chi connectivity index (χ3n) is 2.03. The molecule has 1 unspecified atom stereocenters. The number of likely N-dealkylation sites (N-methyl/N-ethyl adjacent to an activating group) is 1. The number of carboxylic acids is 1. The van der Waals surface area contributed by atoms with Crippen molar-refractivity contribution in [2.24, 2.45) is 0 Å². The monoisotopic (exact) mass is 191 g/mol. The molecule has 3 heteroatoms. The molecule has 0 aromatic heterocycles. The molecule has 0 heterocycles. The van der Waals surface area contributed by atoms with Crippen LogP contribution in [0.15, 0.2) is 36.9 Å². The van der Waals surface area contributed by atoms with Gasteiger partial charge in [0, 0.05) is 0 Å². The second-order valence-electron chi connectivity index (χ2n) is 2.95. The summed E-state index contributed by atoms with van der Waals surface area (Å²) in [4.78, 5) is 10.8. The van der Waals surface area contributed by atoms with E-state index in [9.17, 15) is 4.79 Å². The summed E-state index contributed by atoms with van der Waals surface area (Å²) in [5, 5.41) is 11.6. The van der Waals surface area contributed by atoms with Gasteiger partial charge in [0.05, 0.1) is 0 Å². The van der Waals surface area contributed by atoms with Crippen molar-refractivity contribution in [1.82, 2.24) is 5.32 Å². The predicted molar refractivity (Wildman–Crippen MR) is 56.0 cm³/mol. The Kier molecular flexibility index (Phi) is 3.42. The molecule has 0 bridgehead atoms. The van der Waals surface area contributed by atoms with Gasteiger partial charge in [-0.2, -0.15) is 0 Å². The highest BCUT2D eigenvalue weighted by atomic mass is 16.4. The molecule has 0 aliphatic carbocycles. The average molecular weight is 191 g/mol. The number of carbonyl (C=O) groups is 1. The summed E-state index contributed by atoms with van der Waals surface area (Å²) in [5.41, 5.74) is 1.41. The zero-order valence-corrected chi connectivity index (χ0v) is 8.03. The summed E-state index contributed by atoms with van der Waals surface area (Å²) in [6.45, 7) is 3.77. The number of nitrogens with one attached hydrogen (secondary N) is 1. The Balaban J connectivity index is 2.89. The van der Waals surface area contributed by atoms with Gasteiger partial charge in [-0.1, -0.05) is 36.9 Å². The van der Waals surface area contributed by atoms with Crippen LogP contribution in [0.4, 0.5) is 0 Å². The predicted octanol–water partition coefficient (Wildman–Crippen LogP) is 1.37. The summed E-state index contributed by atoms with van der Waals surface area (Å²) >= 11 is 0. The Labute approximate surface area is 83.1 Å². The maximum atomic E-state index is 10.8. The number of hydrogen-bond donors (Lipinski definition) is 2. The van der Waals surface area contributed by atoms with Crippen LogP contribution in [0.5, 0.6) is 0 Å². The van der Waals surface area contributed by atoms with E-state index in [-0.39, 0.29) is 0 Å². The average Bonchev–Trinajstić information content (AvgIpc) is 2.19. The van der Waals surface area contributed by atoms with Gasteiger partial charge < -0.3 is 10.4 Å². The van der Waals surface area contributed by atoms with Gasteiger partial charge in [-0.15, -0.1) is 0 Å². The van der Waals surface area contributed by atoms with E-state index in [1.165, 1.54) is 0 Å². The second kappa shape index (κ2) is 4.58. The molecule has 0 amide bonds. The zero-order valence-electron chi connectivity index (χ0n) is 8.03. The minimum Gasteiger partial charge on any atom is -0.480 e. The van der Waals surface area contributed by atoms with Crippen molar-refractivity contribution < 1.29 is 9.90 Å². The normalized spacial score (nSPS) is 12.1. The number of hydrogen-bond acceptors (Lipinski definition) is 2. The lowest BCUT2D eigenvalue weighted by Crippen LogP contribution is -2.34. The van der Waals surface area contributed by atoms with Gasteiger partial charge in [-0.05, 0) is 18.2 Å². The van der Waals surface area contributed by atoms with Crippen molar-refractivity contribution in [1.29, 1.82) is 0 Å². The van der Waals surface area contributed by atoms with Crippen LogP contribution in [0.25, 0.3) is 5.57 Å². The van der Waals surface area contributed by atoms with Gasteiger partial charge in [-0.25, -0.2) is 0 Å². The van der Waals surface area contributed by atoms with E-state index in [0.29, 0.717) is 5.57 Å². The molecule has 14 heavy (non-hydrogen) atoms. The third kappa shape index (κ3) is 2.20. The maximum Gasteiger partial charge on any atom is 0.325 e. The molecule has 0 aliphatic rings. The fraction of sp³-hybridized carbons (Fsp3) is 0.182. The van der Waals surface area contributed by atoms with Crippen molar-refractivity contribution in [2.45, 2.75) is 6.04 Å². The second-order valence-corrected chi connectivity index (χ2v) is 2.95. The largest absolute Gasteiger partial charge is 0.480 e. The van der Waals surface area contributed by atoms with Crippen LogP contribution < -0.4 is 5.32 Å². The minimum atomic E-state index is -0.915. The SMILES string of the molecule is C=C(c1ccccc1)C(NC)C(=O)O. The number of aliphatic carboxylic acids is 1. The van der Waals surface area contributed by atoms with E-state index in [4.69, 9.17) is 5.11 Å². The molecule has 0 saturated carbocycles. The molecule has 0 spiro atoms. The summed E-state index contributed by atoms with van der Waals surface area (Å²) < 4.78 is 0. The highest BCUT2D eigenvalue weighted by Gasteiger charge is 2.19. The topological polar surface area (TPSA) is 49.3 Å². The highest BCUT2D eigenvalue weighted by Crippen LogP contribution is 2.15. The van der Waals surface area contributed by atoms with Crippen LogP contribution >= 0.6 is 0 Å². The van der Waals surface area contributed by atoms with Crippen molar-refractivity contribution >= 4 is 11.5 Å². The van der Waals surface area contributed by atoms with Crippen LogP contribution in [-0.2, 0) is 4.79 Å². The van der Waals surface area contributed by atoms with E-state index >= 15 is 0 Å². The first-order valence-corrected chi connectivity index (χ1v) is 4.31. The number of carboxylic acid groups (broad SMARTS) is 1. The molecule has 2 N–H and O–H groups in total. The smallest absolute Gasteiger partial charge is 0.325 e. The van der Waals surface area contributed by atoms with Crippen molar-refractivity contribution in [3.05, 3.63) is 42.5 Å². The fourth-order valence-corrected chi connectivity index (χ4v) is 1.27. The van der Waals surface area contributed by atoms with Crippen molar-refractivity contribution in [3.8, 4) is 0 Å². The van der Waals surface area contributed by atoms with E-state index in [1.54, 1.807) is 7.05 Å². The van der Waals surface area contributed by atoms with E-state index in [0.717, 1.165) is 5.56 Å². The van der Waals surface area contributed by atoms with Crippen LogP contribution in [0.3, 0.4) is 0 Å². The number of rotatable bonds is 4. The molecular formula is C11H13NO2. The van der Waals surface area contributed by atoms with E-state index in [1.807, 2.05) is 30.3 Å². The standard InChI is InChI=1S/C11H13NO2/c1-8(10(12-2)11(13)14)9-6-4-3-5-7-9/h3-7,10,12H,1H2,2H3,(H,13,14). The number of benzene rings is 1. The van der Waals surface area contributed by atoms with Gasteiger partial charge in [0.2, 0.25) is 0 Å². The Bertz CT molecular complexity index is 332. The van der Waals surface area contributed by atoms with Crippen LogP contribution in [0.2, 0.25) is 0 Å². The lowest BCUT2D eigenvalue weighted by molar-refractivity contribution is -0.137. The van der Waals surface area contributed by atoms with Crippen LogP contribution in [0.1, 0.15) is 5.56 Å². The molecule has 1 rings (SSSR count).